The van der Waals surface area contributed by atoms with Crippen LogP contribution in [0.4, 0.5) is 8.78 Å². The molecular weight excluding hydrogens is 586 g/mol. The van der Waals surface area contributed by atoms with Crippen molar-refractivity contribution >= 4 is 39.1 Å². The Kier molecular flexibility index (Phi) is 9.33. The molecule has 10 heteroatoms. The Labute approximate surface area is 250 Å². The standard InChI is InChI=1S/C32H33ClF2O6S/c1-6-40-31(36)32(3,4)18-21-16-29(42(37,38)22-11-12-25(34)28(17-22)39-5)23-15-20(10-13-27(23)41-21)14-19(2)30-24(33)8-7-9-26(30)35/h7-15,17,21,29H,6,16,18H2,1-5H3. The number of esters is 1. The van der Waals surface area contributed by atoms with E-state index in [1.807, 2.05) is 0 Å². The molecule has 224 valence electrons. The minimum absolute atomic E-state index is 0.0309. The molecule has 0 radical (unpaired) electrons. The first-order valence-electron chi connectivity index (χ1n) is 13.5. The minimum atomic E-state index is -4.10. The summed E-state index contributed by atoms with van der Waals surface area (Å²) in [5.41, 5.74) is 0.856. The third-order valence-corrected chi connectivity index (χ3v) is 9.70. The average Bonchev–Trinajstić information content (AvgIpc) is 2.92. The van der Waals surface area contributed by atoms with Gasteiger partial charge in [0.15, 0.2) is 21.4 Å². The predicted octanol–water partition coefficient (Wildman–Crippen LogP) is 7.83. The molecule has 3 aromatic carbocycles. The molecule has 0 saturated carbocycles. The van der Waals surface area contributed by atoms with Crippen LogP contribution in [0.15, 0.2) is 59.5 Å². The van der Waals surface area contributed by atoms with Crippen molar-refractivity contribution in [3.8, 4) is 11.5 Å². The molecular formula is C32H33ClF2O6S. The van der Waals surface area contributed by atoms with E-state index in [2.05, 4.69) is 0 Å². The zero-order chi connectivity index (χ0) is 30.8. The summed E-state index contributed by atoms with van der Waals surface area (Å²) in [4.78, 5) is 12.5. The lowest BCUT2D eigenvalue weighted by atomic mass is 9.84. The smallest absolute Gasteiger partial charge is 0.311 e. The second-order valence-corrected chi connectivity index (χ2v) is 13.4. The Balaban J connectivity index is 1.80. The summed E-state index contributed by atoms with van der Waals surface area (Å²) >= 11 is 6.25. The third kappa shape index (κ3) is 6.47. The summed E-state index contributed by atoms with van der Waals surface area (Å²) < 4.78 is 73.5. The lowest BCUT2D eigenvalue weighted by Gasteiger charge is -2.35. The molecule has 0 fully saturated rings. The number of rotatable bonds is 9. The highest BCUT2D eigenvalue weighted by Gasteiger charge is 2.42. The fourth-order valence-electron chi connectivity index (χ4n) is 5.18. The van der Waals surface area contributed by atoms with Crippen molar-refractivity contribution in [1.82, 2.24) is 0 Å². The second-order valence-electron chi connectivity index (χ2n) is 10.8. The fraction of sp³-hybridized carbons (Fsp3) is 0.344. The zero-order valence-electron chi connectivity index (χ0n) is 24.0. The molecule has 0 spiro atoms. The monoisotopic (exact) mass is 618 g/mol. The number of hydrogen-bond donors (Lipinski definition) is 0. The van der Waals surface area contributed by atoms with Crippen molar-refractivity contribution in [2.45, 2.75) is 56.8 Å². The number of methoxy groups -OCH3 is 1. The van der Waals surface area contributed by atoms with Gasteiger partial charge in [-0.1, -0.05) is 29.8 Å². The molecule has 6 nitrogen and oxygen atoms in total. The van der Waals surface area contributed by atoms with Gasteiger partial charge in [0.1, 0.15) is 17.7 Å². The number of allylic oxidation sites excluding steroid dienone is 1. The minimum Gasteiger partial charge on any atom is -0.494 e. The molecule has 4 rings (SSSR count). The van der Waals surface area contributed by atoms with Crippen molar-refractivity contribution < 1.29 is 36.2 Å². The van der Waals surface area contributed by atoms with E-state index in [4.69, 9.17) is 25.8 Å². The molecule has 0 N–H and O–H groups in total. The van der Waals surface area contributed by atoms with Gasteiger partial charge in [0.05, 0.1) is 34.3 Å². The van der Waals surface area contributed by atoms with Gasteiger partial charge in [-0.3, -0.25) is 4.79 Å². The van der Waals surface area contributed by atoms with Crippen LogP contribution in [0.5, 0.6) is 11.5 Å². The van der Waals surface area contributed by atoms with Crippen molar-refractivity contribution in [2.75, 3.05) is 13.7 Å². The second kappa shape index (κ2) is 12.4. The van der Waals surface area contributed by atoms with Crippen molar-refractivity contribution in [3.05, 3.63) is 87.9 Å². The van der Waals surface area contributed by atoms with Crippen LogP contribution in [0.1, 0.15) is 62.5 Å². The molecule has 3 aromatic rings. The number of ether oxygens (including phenoxy) is 3. The maximum absolute atomic E-state index is 14.6. The molecule has 0 amide bonds. The van der Waals surface area contributed by atoms with E-state index >= 15 is 0 Å². The first-order valence-corrected chi connectivity index (χ1v) is 15.4. The van der Waals surface area contributed by atoms with E-state index in [1.54, 1.807) is 58.0 Å². The van der Waals surface area contributed by atoms with Gasteiger partial charge >= 0.3 is 5.97 Å². The first-order chi connectivity index (χ1) is 19.8. The van der Waals surface area contributed by atoms with Crippen LogP contribution in [-0.2, 0) is 19.4 Å². The Hall–Kier alpha value is -3.43. The maximum Gasteiger partial charge on any atom is 0.311 e. The highest BCUT2D eigenvalue weighted by atomic mass is 35.5. The van der Waals surface area contributed by atoms with Crippen LogP contribution in [0, 0.1) is 17.0 Å². The van der Waals surface area contributed by atoms with Crippen LogP contribution >= 0.6 is 11.6 Å². The molecule has 2 atom stereocenters. The van der Waals surface area contributed by atoms with Crippen LogP contribution in [0.3, 0.4) is 0 Å². The number of fused-ring (bicyclic) bond motifs is 1. The summed E-state index contributed by atoms with van der Waals surface area (Å²) in [6.07, 6.45) is 1.31. The number of carbonyl (C=O) groups excluding carboxylic acids is 1. The zero-order valence-corrected chi connectivity index (χ0v) is 25.6. The molecule has 1 aliphatic rings. The largest absolute Gasteiger partial charge is 0.494 e. The van der Waals surface area contributed by atoms with E-state index in [0.29, 0.717) is 22.4 Å². The van der Waals surface area contributed by atoms with E-state index in [1.165, 1.54) is 25.3 Å². The van der Waals surface area contributed by atoms with Crippen LogP contribution in [0.25, 0.3) is 11.6 Å². The highest BCUT2D eigenvalue weighted by molar-refractivity contribution is 7.91. The highest BCUT2D eigenvalue weighted by Crippen LogP contribution is 2.46. The first kappa shape index (κ1) is 31.5. The molecule has 0 aliphatic carbocycles. The molecule has 0 saturated heterocycles. The Morgan fingerprint density at radius 1 is 1.12 bits per heavy atom. The Morgan fingerprint density at radius 3 is 2.52 bits per heavy atom. The van der Waals surface area contributed by atoms with Crippen molar-refractivity contribution in [2.24, 2.45) is 5.41 Å². The molecule has 1 heterocycles. The Bertz CT molecular complexity index is 1610. The van der Waals surface area contributed by atoms with Gasteiger partial charge in [-0.25, -0.2) is 17.2 Å². The van der Waals surface area contributed by atoms with E-state index in [0.717, 1.165) is 12.1 Å². The molecule has 0 aromatic heterocycles. The summed E-state index contributed by atoms with van der Waals surface area (Å²) in [7, 11) is -2.84. The molecule has 2 unspecified atom stereocenters. The number of carbonyl (C=O) groups is 1. The van der Waals surface area contributed by atoms with Gasteiger partial charge in [-0.2, -0.15) is 0 Å². The van der Waals surface area contributed by atoms with Crippen molar-refractivity contribution in [1.29, 1.82) is 0 Å². The lowest BCUT2D eigenvalue weighted by molar-refractivity contribution is -0.155. The van der Waals surface area contributed by atoms with Crippen LogP contribution in [0.2, 0.25) is 5.02 Å². The Morgan fingerprint density at radius 2 is 1.86 bits per heavy atom. The topological polar surface area (TPSA) is 78.9 Å². The maximum atomic E-state index is 14.6. The lowest BCUT2D eigenvalue weighted by Crippen LogP contribution is -2.37. The SMILES string of the molecule is CCOC(=O)C(C)(C)CC1CC(S(=O)(=O)c2ccc(F)c(OC)c2)c2cc(C=C(C)c3c(F)cccc3Cl)ccc2O1. The number of benzene rings is 3. The van der Waals surface area contributed by atoms with Gasteiger partial charge in [-0.15, -0.1) is 0 Å². The van der Waals surface area contributed by atoms with Gasteiger partial charge in [0.25, 0.3) is 0 Å². The number of hydrogen-bond acceptors (Lipinski definition) is 6. The van der Waals surface area contributed by atoms with Gasteiger partial charge in [-0.05, 0) is 81.7 Å². The molecule has 42 heavy (non-hydrogen) atoms. The summed E-state index contributed by atoms with van der Waals surface area (Å²) in [5, 5.41) is -0.840. The molecule has 1 aliphatic heterocycles. The van der Waals surface area contributed by atoms with E-state index in [9.17, 15) is 22.0 Å². The quantitative estimate of drug-likeness (QED) is 0.138. The van der Waals surface area contributed by atoms with Gasteiger partial charge < -0.3 is 14.2 Å². The summed E-state index contributed by atoms with van der Waals surface area (Å²) in [6, 6.07) is 12.9. The van der Waals surface area contributed by atoms with E-state index in [-0.39, 0.29) is 40.7 Å². The number of halogens is 3. The van der Waals surface area contributed by atoms with Crippen LogP contribution < -0.4 is 9.47 Å². The number of sulfone groups is 1. The van der Waals surface area contributed by atoms with Gasteiger partial charge in [0, 0.05) is 23.6 Å². The fourth-order valence-corrected chi connectivity index (χ4v) is 7.34. The average molecular weight is 619 g/mol. The normalized spacial score (nSPS) is 17.3. The summed E-state index contributed by atoms with van der Waals surface area (Å²) in [6.45, 7) is 7.10. The molecule has 0 bridgehead atoms. The predicted molar refractivity (Wildman–Crippen MR) is 158 cm³/mol. The third-order valence-electron chi connectivity index (χ3n) is 7.28. The summed E-state index contributed by atoms with van der Waals surface area (Å²) in [5.74, 6) is -1.43. The van der Waals surface area contributed by atoms with Gasteiger partial charge in [0.2, 0.25) is 0 Å². The van der Waals surface area contributed by atoms with Crippen molar-refractivity contribution in [3.63, 3.8) is 0 Å². The van der Waals surface area contributed by atoms with E-state index < -0.39 is 44.2 Å². The van der Waals surface area contributed by atoms with Crippen LogP contribution in [-0.4, -0.2) is 34.2 Å².